The highest BCUT2D eigenvalue weighted by Gasteiger charge is 2.19. The summed E-state index contributed by atoms with van der Waals surface area (Å²) in [7, 11) is 1.91. The first-order chi connectivity index (χ1) is 10.9. The molecule has 2 rings (SSSR count). The summed E-state index contributed by atoms with van der Waals surface area (Å²) >= 11 is 5.90. The molecule has 124 valence electrons. The van der Waals surface area contributed by atoms with Crippen LogP contribution >= 0.6 is 11.6 Å². The molecule has 0 unspecified atom stereocenters. The quantitative estimate of drug-likeness (QED) is 0.870. The number of amides is 1. The Morgan fingerprint density at radius 1 is 1.17 bits per heavy atom. The highest BCUT2D eigenvalue weighted by Crippen LogP contribution is 2.24. The van der Waals surface area contributed by atoms with E-state index in [2.05, 4.69) is 5.32 Å². The monoisotopic (exact) mass is 334 g/mol. The van der Waals surface area contributed by atoms with Crippen molar-refractivity contribution in [1.29, 1.82) is 0 Å². The van der Waals surface area contributed by atoms with E-state index in [0.717, 1.165) is 17.1 Å². The van der Waals surface area contributed by atoms with Crippen molar-refractivity contribution in [3.05, 3.63) is 47.2 Å². The molecule has 0 saturated heterocycles. The van der Waals surface area contributed by atoms with E-state index in [1.54, 1.807) is 0 Å². The van der Waals surface area contributed by atoms with E-state index in [-0.39, 0.29) is 18.0 Å². The molecule has 1 heterocycles. The highest BCUT2D eigenvalue weighted by molar-refractivity contribution is 6.30. The average molecular weight is 335 g/mol. The minimum atomic E-state index is -0.221. The number of carbonyl (C=O) groups is 1. The van der Waals surface area contributed by atoms with E-state index >= 15 is 0 Å². The van der Waals surface area contributed by atoms with E-state index in [4.69, 9.17) is 16.0 Å². The molecule has 0 aliphatic carbocycles. The van der Waals surface area contributed by atoms with Gasteiger partial charge in [-0.05, 0) is 64.2 Å². The second-order valence-corrected chi connectivity index (χ2v) is 6.46. The van der Waals surface area contributed by atoms with Gasteiger partial charge in [0.1, 0.15) is 11.5 Å². The van der Waals surface area contributed by atoms with Crippen molar-refractivity contribution in [2.75, 3.05) is 7.05 Å². The number of carbonyl (C=O) groups excluding carboxylic acids is 1. The lowest BCUT2D eigenvalue weighted by molar-refractivity contribution is -0.126. The van der Waals surface area contributed by atoms with Gasteiger partial charge in [0.25, 0.3) is 0 Å². The summed E-state index contributed by atoms with van der Waals surface area (Å²) < 4.78 is 5.87. The largest absolute Gasteiger partial charge is 0.460 e. The van der Waals surface area contributed by atoms with Gasteiger partial charge in [-0.2, -0.15) is 0 Å². The van der Waals surface area contributed by atoms with E-state index in [9.17, 15) is 4.79 Å². The Kier molecular flexibility index (Phi) is 5.85. The Bertz CT molecular complexity index is 649. The van der Waals surface area contributed by atoms with Crippen molar-refractivity contribution in [1.82, 2.24) is 10.2 Å². The van der Waals surface area contributed by atoms with Gasteiger partial charge in [0.2, 0.25) is 5.91 Å². The highest BCUT2D eigenvalue weighted by atomic mass is 35.5. The molecule has 4 nitrogen and oxygen atoms in total. The molecule has 5 heteroatoms. The van der Waals surface area contributed by atoms with Crippen molar-refractivity contribution in [2.24, 2.45) is 0 Å². The standard InChI is InChI=1S/C18H23ClN2O2/c1-12(2)20-18(22)13(3)21(4)11-16-9-10-17(23-16)14-5-7-15(19)8-6-14/h5-10,12-13H,11H2,1-4H3,(H,20,22)/t13-/m0/s1. The number of furan rings is 1. The van der Waals surface area contributed by atoms with Crippen molar-refractivity contribution >= 4 is 17.5 Å². The van der Waals surface area contributed by atoms with Crippen LogP contribution in [0.5, 0.6) is 0 Å². The van der Waals surface area contributed by atoms with Gasteiger partial charge in [-0.25, -0.2) is 0 Å². The molecule has 0 bridgehead atoms. The molecular formula is C18H23ClN2O2. The number of benzene rings is 1. The van der Waals surface area contributed by atoms with Crippen LogP contribution in [-0.4, -0.2) is 29.9 Å². The van der Waals surface area contributed by atoms with Gasteiger partial charge in [-0.1, -0.05) is 11.6 Å². The van der Waals surface area contributed by atoms with Crippen LogP contribution in [-0.2, 0) is 11.3 Å². The summed E-state index contributed by atoms with van der Waals surface area (Å²) in [6.07, 6.45) is 0. The first kappa shape index (κ1) is 17.6. The number of rotatable bonds is 6. The number of nitrogens with zero attached hydrogens (tertiary/aromatic N) is 1. The maximum absolute atomic E-state index is 12.0. The summed E-state index contributed by atoms with van der Waals surface area (Å²) in [4.78, 5) is 14.0. The molecule has 0 spiro atoms. The Labute approximate surface area is 142 Å². The van der Waals surface area contributed by atoms with Gasteiger partial charge in [0.15, 0.2) is 0 Å². The Morgan fingerprint density at radius 3 is 2.43 bits per heavy atom. The molecule has 0 saturated carbocycles. The molecule has 2 aromatic rings. The third-order valence-electron chi connectivity index (χ3n) is 3.67. The molecule has 0 aliphatic rings. The second kappa shape index (κ2) is 7.66. The van der Waals surface area contributed by atoms with Crippen LogP contribution in [0.1, 0.15) is 26.5 Å². The van der Waals surface area contributed by atoms with Crippen LogP contribution in [0, 0.1) is 0 Å². The molecule has 23 heavy (non-hydrogen) atoms. The fourth-order valence-electron chi connectivity index (χ4n) is 2.22. The third kappa shape index (κ3) is 4.85. The van der Waals surface area contributed by atoms with Crippen molar-refractivity contribution in [2.45, 2.75) is 39.4 Å². The zero-order chi connectivity index (χ0) is 17.0. The summed E-state index contributed by atoms with van der Waals surface area (Å²) in [6.45, 7) is 6.37. The fourth-order valence-corrected chi connectivity index (χ4v) is 2.35. The summed E-state index contributed by atoms with van der Waals surface area (Å²) in [5.74, 6) is 1.64. The van der Waals surface area contributed by atoms with Crippen molar-refractivity contribution in [3.63, 3.8) is 0 Å². The maximum atomic E-state index is 12.0. The number of hydrogen-bond donors (Lipinski definition) is 1. The van der Waals surface area contributed by atoms with Crippen LogP contribution in [0.15, 0.2) is 40.8 Å². The van der Waals surface area contributed by atoms with Crippen LogP contribution < -0.4 is 5.32 Å². The van der Waals surface area contributed by atoms with E-state index in [1.807, 2.05) is 69.1 Å². The number of hydrogen-bond acceptors (Lipinski definition) is 3. The molecule has 0 radical (unpaired) electrons. The molecule has 0 fully saturated rings. The van der Waals surface area contributed by atoms with Crippen LogP contribution in [0.3, 0.4) is 0 Å². The lowest BCUT2D eigenvalue weighted by Gasteiger charge is -2.23. The van der Waals surface area contributed by atoms with E-state index < -0.39 is 0 Å². The van der Waals surface area contributed by atoms with E-state index in [1.165, 1.54) is 0 Å². The van der Waals surface area contributed by atoms with Gasteiger partial charge in [0, 0.05) is 16.6 Å². The lowest BCUT2D eigenvalue weighted by atomic mass is 10.2. The molecule has 1 aromatic carbocycles. The van der Waals surface area contributed by atoms with Gasteiger partial charge >= 0.3 is 0 Å². The minimum Gasteiger partial charge on any atom is -0.460 e. The Morgan fingerprint density at radius 2 is 1.83 bits per heavy atom. The SMILES string of the molecule is CC(C)NC(=O)[C@H](C)N(C)Cc1ccc(-c2ccc(Cl)cc2)o1. The second-order valence-electron chi connectivity index (χ2n) is 6.03. The van der Waals surface area contributed by atoms with Crippen LogP contribution in [0.25, 0.3) is 11.3 Å². The van der Waals surface area contributed by atoms with Gasteiger partial charge in [-0.15, -0.1) is 0 Å². The molecule has 0 aliphatic heterocycles. The predicted molar refractivity (Wildman–Crippen MR) is 93.4 cm³/mol. The Hall–Kier alpha value is -1.78. The molecule has 1 atom stereocenters. The number of halogens is 1. The van der Waals surface area contributed by atoms with Crippen LogP contribution in [0.2, 0.25) is 5.02 Å². The predicted octanol–water partition coefficient (Wildman–Crippen LogP) is 3.94. The number of nitrogens with one attached hydrogen (secondary N) is 1. The topological polar surface area (TPSA) is 45.5 Å². The van der Waals surface area contributed by atoms with Crippen molar-refractivity contribution in [3.8, 4) is 11.3 Å². The van der Waals surface area contributed by atoms with E-state index in [0.29, 0.717) is 11.6 Å². The zero-order valence-corrected chi connectivity index (χ0v) is 14.7. The fraction of sp³-hybridized carbons (Fsp3) is 0.389. The van der Waals surface area contributed by atoms with Gasteiger partial charge in [0.05, 0.1) is 12.6 Å². The lowest BCUT2D eigenvalue weighted by Crippen LogP contribution is -2.45. The van der Waals surface area contributed by atoms with Gasteiger partial charge in [-0.3, -0.25) is 9.69 Å². The minimum absolute atomic E-state index is 0.0204. The molecule has 1 N–H and O–H groups in total. The summed E-state index contributed by atoms with van der Waals surface area (Å²) in [5.41, 5.74) is 0.980. The average Bonchev–Trinajstić information content (AvgIpc) is 2.94. The zero-order valence-electron chi connectivity index (χ0n) is 14.0. The normalized spacial score (nSPS) is 12.7. The molecule has 1 aromatic heterocycles. The van der Waals surface area contributed by atoms with Gasteiger partial charge < -0.3 is 9.73 Å². The maximum Gasteiger partial charge on any atom is 0.237 e. The van der Waals surface area contributed by atoms with Crippen LogP contribution in [0.4, 0.5) is 0 Å². The first-order valence-electron chi connectivity index (χ1n) is 7.72. The first-order valence-corrected chi connectivity index (χ1v) is 8.10. The van der Waals surface area contributed by atoms with Crippen molar-refractivity contribution < 1.29 is 9.21 Å². The Balaban J connectivity index is 2.01. The third-order valence-corrected chi connectivity index (χ3v) is 3.92. The molecule has 1 amide bonds. The molecular weight excluding hydrogens is 312 g/mol. The number of likely N-dealkylation sites (N-methyl/N-ethyl adjacent to an activating group) is 1. The smallest absolute Gasteiger partial charge is 0.237 e. The summed E-state index contributed by atoms with van der Waals surface area (Å²) in [5, 5.41) is 3.62. The summed E-state index contributed by atoms with van der Waals surface area (Å²) in [6, 6.07) is 11.3.